The molecule has 4 nitrogen and oxygen atoms in total. The van der Waals surface area contributed by atoms with Crippen LogP contribution < -0.4 is 16.4 Å². The molecule has 2 atom stereocenters. The van der Waals surface area contributed by atoms with E-state index < -0.39 is 5.91 Å². The molecule has 1 fully saturated rings. The van der Waals surface area contributed by atoms with E-state index in [9.17, 15) is 4.79 Å². The highest BCUT2D eigenvalue weighted by Gasteiger charge is 2.23. The van der Waals surface area contributed by atoms with Crippen LogP contribution in [0.2, 0.25) is 0 Å². The van der Waals surface area contributed by atoms with Crippen molar-refractivity contribution in [2.24, 2.45) is 17.6 Å². The Morgan fingerprint density at radius 2 is 1.89 bits per heavy atom. The Hall–Kier alpha value is -1.71. The van der Waals surface area contributed by atoms with Crippen LogP contribution >= 0.6 is 0 Å². The number of hydrogen-bond donors (Lipinski definition) is 2. The van der Waals surface area contributed by atoms with Crippen molar-refractivity contribution >= 4 is 17.3 Å². The Balaban J connectivity index is 2.25. The summed E-state index contributed by atoms with van der Waals surface area (Å²) in [6.45, 7) is 6.56. The SMILES string of the molecule is CC1CC(C)CN(c2ccc(C(N)=O)cc2N)C1. The minimum absolute atomic E-state index is 0.436. The molecule has 1 heterocycles. The predicted molar refractivity (Wildman–Crippen MR) is 74.5 cm³/mol. The maximum Gasteiger partial charge on any atom is 0.248 e. The van der Waals surface area contributed by atoms with Crippen LogP contribution in [0.25, 0.3) is 0 Å². The third-order valence-corrected chi connectivity index (χ3v) is 3.52. The summed E-state index contributed by atoms with van der Waals surface area (Å²) in [7, 11) is 0. The number of benzene rings is 1. The van der Waals surface area contributed by atoms with Gasteiger partial charge in [0.1, 0.15) is 0 Å². The quantitative estimate of drug-likeness (QED) is 0.783. The van der Waals surface area contributed by atoms with E-state index in [1.54, 1.807) is 12.1 Å². The second kappa shape index (κ2) is 4.88. The molecule has 1 aromatic carbocycles. The number of nitrogens with zero attached hydrogens (tertiary/aromatic N) is 1. The van der Waals surface area contributed by atoms with E-state index in [1.807, 2.05) is 6.07 Å². The molecular formula is C14H21N3O. The molecule has 0 spiro atoms. The summed E-state index contributed by atoms with van der Waals surface area (Å²) in [5.74, 6) is 0.904. The number of nitrogen functional groups attached to an aromatic ring is 1. The van der Waals surface area contributed by atoms with Crippen molar-refractivity contribution in [1.29, 1.82) is 0 Å². The van der Waals surface area contributed by atoms with Crippen molar-refractivity contribution in [3.05, 3.63) is 23.8 Å². The van der Waals surface area contributed by atoms with Crippen LogP contribution in [-0.2, 0) is 0 Å². The average molecular weight is 247 g/mol. The zero-order valence-corrected chi connectivity index (χ0v) is 11.0. The fourth-order valence-electron chi connectivity index (χ4n) is 2.86. The molecule has 1 aliphatic rings. The Morgan fingerprint density at radius 1 is 1.28 bits per heavy atom. The molecule has 4 N–H and O–H groups in total. The van der Waals surface area contributed by atoms with Gasteiger partial charge in [0.05, 0.1) is 11.4 Å². The van der Waals surface area contributed by atoms with Gasteiger partial charge in [-0.3, -0.25) is 4.79 Å². The van der Waals surface area contributed by atoms with Crippen molar-refractivity contribution in [2.75, 3.05) is 23.7 Å². The molecule has 0 bridgehead atoms. The van der Waals surface area contributed by atoms with Gasteiger partial charge in [-0.1, -0.05) is 13.8 Å². The van der Waals surface area contributed by atoms with Gasteiger partial charge in [-0.2, -0.15) is 0 Å². The van der Waals surface area contributed by atoms with Gasteiger partial charge in [0.15, 0.2) is 0 Å². The van der Waals surface area contributed by atoms with E-state index in [2.05, 4.69) is 18.7 Å². The van der Waals surface area contributed by atoms with Crippen LogP contribution in [0.1, 0.15) is 30.6 Å². The molecule has 1 saturated heterocycles. The lowest BCUT2D eigenvalue weighted by molar-refractivity contribution is 0.100. The predicted octanol–water partition coefficient (Wildman–Crippen LogP) is 1.85. The van der Waals surface area contributed by atoms with Crippen LogP contribution in [0.5, 0.6) is 0 Å². The van der Waals surface area contributed by atoms with Crippen LogP contribution in [0, 0.1) is 11.8 Å². The summed E-state index contributed by atoms with van der Waals surface area (Å²) in [5.41, 5.74) is 13.4. The van der Waals surface area contributed by atoms with E-state index in [1.165, 1.54) is 6.42 Å². The first kappa shape index (κ1) is 12.7. The summed E-state index contributed by atoms with van der Waals surface area (Å²) in [6.07, 6.45) is 1.26. The van der Waals surface area contributed by atoms with Crippen molar-refractivity contribution in [3.63, 3.8) is 0 Å². The highest BCUT2D eigenvalue weighted by molar-refractivity contribution is 5.94. The number of amides is 1. The van der Waals surface area contributed by atoms with Gasteiger partial charge >= 0.3 is 0 Å². The van der Waals surface area contributed by atoms with Gasteiger partial charge in [-0.25, -0.2) is 0 Å². The second-order valence-electron chi connectivity index (χ2n) is 5.49. The molecule has 0 aromatic heterocycles. The molecule has 98 valence electrons. The second-order valence-corrected chi connectivity index (χ2v) is 5.49. The third-order valence-electron chi connectivity index (χ3n) is 3.52. The largest absolute Gasteiger partial charge is 0.397 e. The van der Waals surface area contributed by atoms with Gasteiger partial charge < -0.3 is 16.4 Å². The first-order valence-electron chi connectivity index (χ1n) is 6.41. The Morgan fingerprint density at radius 3 is 2.39 bits per heavy atom. The molecule has 1 aliphatic heterocycles. The number of carbonyl (C=O) groups excluding carboxylic acids is 1. The highest BCUT2D eigenvalue weighted by atomic mass is 16.1. The number of anilines is 2. The number of primary amides is 1. The molecule has 1 amide bonds. The zero-order chi connectivity index (χ0) is 13.3. The summed E-state index contributed by atoms with van der Waals surface area (Å²) in [5, 5.41) is 0. The molecule has 4 heteroatoms. The molecule has 0 radical (unpaired) electrons. The van der Waals surface area contributed by atoms with Crippen molar-refractivity contribution in [1.82, 2.24) is 0 Å². The summed E-state index contributed by atoms with van der Waals surface area (Å²) in [4.78, 5) is 13.4. The van der Waals surface area contributed by atoms with E-state index in [0.717, 1.165) is 18.8 Å². The summed E-state index contributed by atoms with van der Waals surface area (Å²) < 4.78 is 0. The van der Waals surface area contributed by atoms with Crippen molar-refractivity contribution < 1.29 is 4.79 Å². The number of carbonyl (C=O) groups is 1. The minimum Gasteiger partial charge on any atom is -0.397 e. The lowest BCUT2D eigenvalue weighted by Gasteiger charge is -2.37. The number of hydrogen-bond acceptors (Lipinski definition) is 3. The zero-order valence-electron chi connectivity index (χ0n) is 11.0. The smallest absolute Gasteiger partial charge is 0.248 e. The Bertz CT molecular complexity index is 448. The first-order chi connectivity index (χ1) is 8.47. The van der Waals surface area contributed by atoms with Crippen LogP contribution in [-0.4, -0.2) is 19.0 Å². The van der Waals surface area contributed by atoms with E-state index >= 15 is 0 Å². The van der Waals surface area contributed by atoms with Gasteiger partial charge in [0, 0.05) is 18.7 Å². The Labute approximate surface area is 108 Å². The van der Waals surface area contributed by atoms with Crippen LogP contribution in [0.3, 0.4) is 0 Å². The lowest BCUT2D eigenvalue weighted by Crippen LogP contribution is -2.39. The van der Waals surface area contributed by atoms with E-state index in [-0.39, 0.29) is 0 Å². The number of rotatable bonds is 2. The maximum atomic E-state index is 11.1. The van der Waals surface area contributed by atoms with Crippen LogP contribution in [0.4, 0.5) is 11.4 Å². The van der Waals surface area contributed by atoms with E-state index in [4.69, 9.17) is 11.5 Å². The molecule has 18 heavy (non-hydrogen) atoms. The normalized spacial score (nSPS) is 24.0. The molecule has 0 saturated carbocycles. The monoisotopic (exact) mass is 247 g/mol. The fourth-order valence-corrected chi connectivity index (χ4v) is 2.86. The third kappa shape index (κ3) is 2.58. The van der Waals surface area contributed by atoms with Gasteiger partial charge in [-0.05, 0) is 36.5 Å². The molecule has 2 unspecified atom stereocenters. The Kier molecular flexibility index (Phi) is 3.45. The van der Waals surface area contributed by atoms with Gasteiger partial charge in [0.25, 0.3) is 0 Å². The van der Waals surface area contributed by atoms with Gasteiger partial charge in [0.2, 0.25) is 5.91 Å². The molecule has 1 aromatic rings. The number of piperidine rings is 1. The van der Waals surface area contributed by atoms with E-state index in [0.29, 0.717) is 23.1 Å². The van der Waals surface area contributed by atoms with Crippen molar-refractivity contribution in [2.45, 2.75) is 20.3 Å². The standard InChI is InChI=1S/C14H21N3O/c1-9-5-10(2)8-17(7-9)13-4-3-11(14(16)18)6-12(13)15/h3-4,6,9-10H,5,7-8,15H2,1-2H3,(H2,16,18). The summed E-state index contributed by atoms with van der Waals surface area (Å²) >= 11 is 0. The van der Waals surface area contributed by atoms with Crippen molar-refractivity contribution in [3.8, 4) is 0 Å². The topological polar surface area (TPSA) is 72.3 Å². The fraction of sp³-hybridized carbons (Fsp3) is 0.500. The van der Waals surface area contributed by atoms with Crippen LogP contribution in [0.15, 0.2) is 18.2 Å². The summed E-state index contributed by atoms with van der Waals surface area (Å²) in [6, 6.07) is 5.32. The minimum atomic E-state index is -0.436. The molecular weight excluding hydrogens is 226 g/mol. The highest BCUT2D eigenvalue weighted by Crippen LogP contribution is 2.30. The first-order valence-corrected chi connectivity index (χ1v) is 6.41. The number of nitrogens with two attached hydrogens (primary N) is 2. The molecule has 2 rings (SSSR count). The lowest BCUT2D eigenvalue weighted by atomic mass is 9.91. The average Bonchev–Trinajstić information content (AvgIpc) is 2.27. The van der Waals surface area contributed by atoms with Gasteiger partial charge in [-0.15, -0.1) is 0 Å². The maximum absolute atomic E-state index is 11.1. The molecule has 0 aliphatic carbocycles.